The molecule has 13 heavy (non-hydrogen) atoms. The molecule has 0 fully saturated rings. The molecule has 0 saturated heterocycles. The van der Waals surface area contributed by atoms with Gasteiger partial charge in [0, 0.05) is 13.1 Å². The monoisotopic (exact) mass is 191 g/mol. The molecule has 1 amide bonds. The summed E-state index contributed by atoms with van der Waals surface area (Å²) in [5, 5.41) is 0. The summed E-state index contributed by atoms with van der Waals surface area (Å²) in [4.78, 5) is 12.8. The molecule has 0 aliphatic rings. The first-order chi connectivity index (χ1) is 6.26. The van der Waals surface area contributed by atoms with Crippen molar-refractivity contribution in [2.24, 2.45) is 0 Å². The number of amides is 1. The Morgan fingerprint density at radius 1 is 1.31 bits per heavy atom. The van der Waals surface area contributed by atoms with Crippen LogP contribution in [0.1, 0.15) is 26.7 Å². The second-order valence-electron chi connectivity index (χ2n) is 2.79. The van der Waals surface area contributed by atoms with Gasteiger partial charge in [-0.25, -0.2) is 9.18 Å². The number of carbonyl (C=O) groups excluding carboxylic acids is 1. The van der Waals surface area contributed by atoms with Crippen molar-refractivity contribution in [3.05, 3.63) is 0 Å². The van der Waals surface area contributed by atoms with E-state index >= 15 is 0 Å². The van der Waals surface area contributed by atoms with Crippen molar-refractivity contribution >= 4 is 6.09 Å². The van der Waals surface area contributed by atoms with Gasteiger partial charge in [0.15, 0.2) is 0 Å². The predicted octanol–water partition coefficient (Wildman–Crippen LogP) is 2.21. The number of rotatable bonds is 6. The van der Waals surface area contributed by atoms with E-state index in [2.05, 4.69) is 4.74 Å². The summed E-state index contributed by atoms with van der Waals surface area (Å²) >= 11 is 0. The van der Waals surface area contributed by atoms with Crippen LogP contribution in [0.3, 0.4) is 0 Å². The Morgan fingerprint density at radius 3 is 2.23 bits per heavy atom. The fraction of sp³-hybridized carbons (Fsp3) is 0.889. The average Bonchev–Trinajstić information content (AvgIpc) is 2.14. The molecule has 0 aromatic carbocycles. The van der Waals surface area contributed by atoms with Crippen molar-refractivity contribution in [1.82, 2.24) is 4.90 Å². The summed E-state index contributed by atoms with van der Waals surface area (Å²) in [7, 11) is 0. The summed E-state index contributed by atoms with van der Waals surface area (Å²) in [5.41, 5.74) is 0. The van der Waals surface area contributed by atoms with Gasteiger partial charge in [0.2, 0.25) is 0 Å². The average molecular weight is 191 g/mol. The van der Waals surface area contributed by atoms with Crippen molar-refractivity contribution in [3.63, 3.8) is 0 Å². The van der Waals surface area contributed by atoms with Gasteiger partial charge in [-0.2, -0.15) is 0 Å². The Bertz CT molecular complexity index is 136. The maximum absolute atomic E-state index is 11.7. The normalized spacial score (nSPS) is 9.77. The van der Waals surface area contributed by atoms with Crippen LogP contribution in [0.5, 0.6) is 0 Å². The number of halogens is 1. The predicted molar refractivity (Wildman–Crippen MR) is 49.5 cm³/mol. The topological polar surface area (TPSA) is 29.5 Å². The molecule has 78 valence electrons. The van der Waals surface area contributed by atoms with E-state index in [1.807, 2.05) is 13.8 Å². The Kier molecular flexibility index (Phi) is 7.35. The van der Waals surface area contributed by atoms with Crippen molar-refractivity contribution in [3.8, 4) is 0 Å². The van der Waals surface area contributed by atoms with Crippen LogP contribution in [-0.2, 0) is 4.74 Å². The number of hydrogen-bond acceptors (Lipinski definition) is 2. The highest BCUT2D eigenvalue weighted by atomic mass is 19.1. The Balaban J connectivity index is 3.80. The molecule has 0 rings (SSSR count). The van der Waals surface area contributed by atoms with E-state index in [1.54, 1.807) is 4.90 Å². The molecule has 0 atom stereocenters. The summed E-state index contributed by atoms with van der Waals surface area (Å²) < 4.78 is 16.4. The first kappa shape index (κ1) is 12.2. The Morgan fingerprint density at radius 2 is 1.85 bits per heavy atom. The zero-order valence-corrected chi connectivity index (χ0v) is 8.38. The lowest BCUT2D eigenvalue weighted by Gasteiger charge is -2.20. The zero-order chi connectivity index (χ0) is 10.1. The van der Waals surface area contributed by atoms with Crippen LogP contribution in [0.25, 0.3) is 0 Å². The highest BCUT2D eigenvalue weighted by Gasteiger charge is 2.11. The van der Waals surface area contributed by atoms with E-state index in [0.29, 0.717) is 13.1 Å². The summed E-state index contributed by atoms with van der Waals surface area (Å²) in [6.45, 7) is 4.59. The molecule has 3 nitrogen and oxygen atoms in total. The van der Waals surface area contributed by atoms with E-state index in [-0.39, 0.29) is 6.61 Å². The van der Waals surface area contributed by atoms with Gasteiger partial charge in [-0.3, -0.25) is 0 Å². The first-order valence-electron chi connectivity index (χ1n) is 4.73. The van der Waals surface area contributed by atoms with Crippen LogP contribution in [0.2, 0.25) is 0 Å². The molecule has 0 aromatic rings. The molecule has 0 heterocycles. The zero-order valence-electron chi connectivity index (χ0n) is 8.38. The van der Waals surface area contributed by atoms with Crippen molar-refractivity contribution in [1.29, 1.82) is 0 Å². The van der Waals surface area contributed by atoms with Gasteiger partial charge in [0.05, 0.1) is 0 Å². The summed E-state index contributed by atoms with van der Waals surface area (Å²) in [6, 6.07) is 0. The molecule has 0 saturated carbocycles. The summed E-state index contributed by atoms with van der Waals surface area (Å²) in [5.74, 6) is 0. The minimum absolute atomic E-state index is 0.136. The molecule has 0 radical (unpaired) electrons. The SMILES string of the molecule is CCCN(CCC)C(=O)OCCF. The van der Waals surface area contributed by atoms with Crippen LogP contribution >= 0.6 is 0 Å². The number of alkyl halides is 1. The maximum atomic E-state index is 11.7. The highest BCUT2D eigenvalue weighted by Crippen LogP contribution is 1.98. The molecule has 4 heteroatoms. The number of hydrogen-bond donors (Lipinski definition) is 0. The van der Waals surface area contributed by atoms with Crippen LogP contribution in [0, 0.1) is 0 Å². The van der Waals surface area contributed by atoms with Crippen LogP contribution in [-0.4, -0.2) is 37.4 Å². The van der Waals surface area contributed by atoms with Gasteiger partial charge in [-0.05, 0) is 12.8 Å². The Hall–Kier alpha value is -0.800. The molecule has 0 aromatic heterocycles. The maximum Gasteiger partial charge on any atom is 0.409 e. The fourth-order valence-corrected chi connectivity index (χ4v) is 1.05. The van der Waals surface area contributed by atoms with E-state index < -0.39 is 12.8 Å². The quantitative estimate of drug-likeness (QED) is 0.644. The van der Waals surface area contributed by atoms with E-state index in [9.17, 15) is 9.18 Å². The lowest BCUT2D eigenvalue weighted by atomic mass is 10.4. The molecule has 0 aliphatic heterocycles. The highest BCUT2D eigenvalue weighted by molar-refractivity contribution is 5.67. The first-order valence-corrected chi connectivity index (χ1v) is 4.73. The minimum atomic E-state index is -0.613. The smallest absolute Gasteiger partial charge is 0.409 e. The summed E-state index contributed by atoms with van der Waals surface area (Å²) in [6.07, 6.45) is 1.39. The molecular weight excluding hydrogens is 173 g/mol. The van der Waals surface area contributed by atoms with Crippen LogP contribution in [0.15, 0.2) is 0 Å². The van der Waals surface area contributed by atoms with E-state index in [1.165, 1.54) is 0 Å². The van der Waals surface area contributed by atoms with Gasteiger partial charge in [0.1, 0.15) is 13.3 Å². The van der Waals surface area contributed by atoms with Gasteiger partial charge < -0.3 is 9.64 Å². The van der Waals surface area contributed by atoms with Gasteiger partial charge in [-0.15, -0.1) is 0 Å². The van der Waals surface area contributed by atoms with Crippen LogP contribution in [0.4, 0.5) is 9.18 Å². The lowest BCUT2D eigenvalue weighted by molar-refractivity contribution is 0.0962. The Labute approximate surface area is 78.9 Å². The van der Waals surface area contributed by atoms with Gasteiger partial charge in [-0.1, -0.05) is 13.8 Å². The van der Waals surface area contributed by atoms with Gasteiger partial charge >= 0.3 is 6.09 Å². The number of nitrogens with zero attached hydrogens (tertiary/aromatic N) is 1. The second-order valence-corrected chi connectivity index (χ2v) is 2.79. The van der Waals surface area contributed by atoms with Crippen molar-refractivity contribution in [2.75, 3.05) is 26.4 Å². The van der Waals surface area contributed by atoms with E-state index in [4.69, 9.17) is 0 Å². The standard InChI is InChI=1S/C9H18FNO2/c1-3-6-11(7-4-2)9(12)13-8-5-10/h3-8H2,1-2H3. The number of ether oxygens (including phenoxy) is 1. The molecular formula is C9H18FNO2. The molecule has 0 N–H and O–H groups in total. The van der Waals surface area contributed by atoms with Crippen molar-refractivity contribution < 1.29 is 13.9 Å². The molecule has 0 aliphatic carbocycles. The third-order valence-electron chi connectivity index (χ3n) is 1.55. The fourth-order valence-electron chi connectivity index (χ4n) is 1.05. The molecule has 0 bridgehead atoms. The van der Waals surface area contributed by atoms with Gasteiger partial charge in [0.25, 0.3) is 0 Å². The third kappa shape index (κ3) is 5.44. The largest absolute Gasteiger partial charge is 0.447 e. The molecule has 0 unspecified atom stereocenters. The van der Waals surface area contributed by atoms with E-state index in [0.717, 1.165) is 12.8 Å². The third-order valence-corrected chi connectivity index (χ3v) is 1.55. The minimum Gasteiger partial charge on any atom is -0.447 e. The molecule has 0 spiro atoms. The lowest BCUT2D eigenvalue weighted by Crippen LogP contribution is -2.33. The van der Waals surface area contributed by atoms with Crippen molar-refractivity contribution in [2.45, 2.75) is 26.7 Å². The number of carbonyl (C=O) groups is 1. The van der Waals surface area contributed by atoms with Crippen LogP contribution < -0.4 is 0 Å². The second kappa shape index (κ2) is 7.83.